The van der Waals surface area contributed by atoms with Crippen LogP contribution in [0.3, 0.4) is 0 Å². The third kappa shape index (κ3) is 2.55. The number of aromatic nitrogens is 2. The van der Waals surface area contributed by atoms with Gasteiger partial charge in [0.15, 0.2) is 5.69 Å². The van der Waals surface area contributed by atoms with Gasteiger partial charge in [-0.3, -0.25) is 0 Å². The number of nitrogens with one attached hydrogen (secondary N) is 1. The molecule has 0 saturated carbocycles. The third-order valence-electron chi connectivity index (χ3n) is 2.47. The molecule has 0 aliphatic carbocycles. The van der Waals surface area contributed by atoms with E-state index in [0.717, 1.165) is 17.0 Å². The molecule has 0 amide bonds. The van der Waals surface area contributed by atoms with Crippen molar-refractivity contribution in [1.29, 1.82) is 5.26 Å². The summed E-state index contributed by atoms with van der Waals surface area (Å²) in [6.07, 6.45) is 2.95. The van der Waals surface area contributed by atoms with E-state index in [1.807, 2.05) is 31.2 Å². The number of nitriles is 1. The molecule has 1 aromatic heterocycles. The minimum Gasteiger partial charge on any atom is -0.497 e. The summed E-state index contributed by atoms with van der Waals surface area (Å²) in [6.45, 7) is 1.98. The molecule has 0 bridgehead atoms. The monoisotopic (exact) mass is 240 g/mol. The molecule has 5 heteroatoms. The Labute approximate surface area is 105 Å². The topological polar surface area (TPSA) is 70.8 Å². The van der Waals surface area contributed by atoms with Crippen molar-refractivity contribution in [3.63, 3.8) is 0 Å². The van der Waals surface area contributed by atoms with E-state index in [9.17, 15) is 0 Å². The van der Waals surface area contributed by atoms with Crippen LogP contribution >= 0.6 is 0 Å². The molecule has 0 radical (unpaired) electrons. The number of benzene rings is 1. The van der Waals surface area contributed by atoms with E-state index < -0.39 is 0 Å². The summed E-state index contributed by atoms with van der Waals surface area (Å²) in [4.78, 5) is 8.05. The molecule has 0 fully saturated rings. The highest BCUT2D eigenvalue weighted by Crippen LogP contribution is 2.24. The van der Waals surface area contributed by atoms with E-state index in [1.165, 1.54) is 12.4 Å². The second-order valence-corrected chi connectivity index (χ2v) is 3.70. The maximum atomic E-state index is 8.64. The van der Waals surface area contributed by atoms with Gasteiger partial charge in [0.1, 0.15) is 17.6 Å². The van der Waals surface area contributed by atoms with Crippen LogP contribution in [0.1, 0.15) is 11.3 Å². The second kappa shape index (κ2) is 5.15. The van der Waals surface area contributed by atoms with Gasteiger partial charge in [-0.1, -0.05) is 6.07 Å². The quantitative estimate of drug-likeness (QED) is 0.892. The summed E-state index contributed by atoms with van der Waals surface area (Å²) in [5.41, 5.74) is 2.26. The molecular weight excluding hydrogens is 228 g/mol. The smallest absolute Gasteiger partial charge is 0.158 e. The molecule has 0 spiro atoms. The van der Waals surface area contributed by atoms with E-state index >= 15 is 0 Å². The van der Waals surface area contributed by atoms with Gasteiger partial charge in [-0.05, 0) is 18.6 Å². The van der Waals surface area contributed by atoms with Crippen molar-refractivity contribution >= 4 is 11.5 Å². The average molecular weight is 240 g/mol. The van der Waals surface area contributed by atoms with Crippen LogP contribution in [0.4, 0.5) is 11.5 Å². The molecule has 90 valence electrons. The number of anilines is 2. The van der Waals surface area contributed by atoms with Crippen molar-refractivity contribution in [2.24, 2.45) is 0 Å². The van der Waals surface area contributed by atoms with Gasteiger partial charge in [0.25, 0.3) is 0 Å². The largest absolute Gasteiger partial charge is 0.497 e. The first-order valence-corrected chi connectivity index (χ1v) is 5.36. The molecule has 5 nitrogen and oxygen atoms in total. The first-order valence-electron chi connectivity index (χ1n) is 5.36. The molecule has 0 aliphatic heterocycles. The fourth-order valence-electron chi connectivity index (χ4n) is 1.45. The minimum atomic E-state index is 0.294. The van der Waals surface area contributed by atoms with Crippen LogP contribution in [0, 0.1) is 18.3 Å². The van der Waals surface area contributed by atoms with Crippen molar-refractivity contribution in [2.75, 3.05) is 12.4 Å². The number of hydrogen-bond donors (Lipinski definition) is 1. The molecule has 1 heterocycles. The lowest BCUT2D eigenvalue weighted by Gasteiger charge is -2.10. The molecule has 0 saturated heterocycles. The van der Waals surface area contributed by atoms with Gasteiger partial charge in [-0.2, -0.15) is 5.26 Å². The van der Waals surface area contributed by atoms with E-state index in [4.69, 9.17) is 10.00 Å². The standard InChI is InChI=1S/C13H12N4O/c1-9-3-4-11(18-2)5-12(9)17-13-8-15-10(6-14)7-16-13/h3-5,7-8H,1-2H3,(H,16,17). The highest BCUT2D eigenvalue weighted by molar-refractivity contribution is 5.62. The molecule has 1 N–H and O–H groups in total. The lowest BCUT2D eigenvalue weighted by atomic mass is 10.2. The first-order chi connectivity index (χ1) is 8.72. The van der Waals surface area contributed by atoms with Crippen molar-refractivity contribution in [2.45, 2.75) is 6.92 Å². The van der Waals surface area contributed by atoms with Crippen molar-refractivity contribution in [1.82, 2.24) is 9.97 Å². The Morgan fingerprint density at radius 3 is 2.72 bits per heavy atom. The maximum absolute atomic E-state index is 8.64. The molecule has 0 atom stereocenters. The Kier molecular flexibility index (Phi) is 3.39. The van der Waals surface area contributed by atoms with Crippen molar-refractivity contribution < 1.29 is 4.74 Å². The third-order valence-corrected chi connectivity index (χ3v) is 2.47. The van der Waals surface area contributed by atoms with Gasteiger partial charge in [-0.25, -0.2) is 9.97 Å². The van der Waals surface area contributed by atoms with Gasteiger partial charge >= 0.3 is 0 Å². The van der Waals surface area contributed by atoms with Crippen molar-refractivity contribution in [3.05, 3.63) is 41.9 Å². The number of rotatable bonds is 3. The highest BCUT2D eigenvalue weighted by atomic mass is 16.5. The fourth-order valence-corrected chi connectivity index (χ4v) is 1.45. The molecule has 1 aromatic carbocycles. The van der Waals surface area contributed by atoms with E-state index in [0.29, 0.717) is 11.5 Å². The van der Waals surface area contributed by atoms with Crippen LogP contribution in [0.2, 0.25) is 0 Å². The molecule has 2 aromatic rings. The van der Waals surface area contributed by atoms with Crippen LogP contribution in [0.15, 0.2) is 30.6 Å². The van der Waals surface area contributed by atoms with E-state index in [2.05, 4.69) is 15.3 Å². The predicted molar refractivity (Wildman–Crippen MR) is 67.8 cm³/mol. The normalized spacial score (nSPS) is 9.61. The van der Waals surface area contributed by atoms with Crippen molar-refractivity contribution in [3.8, 4) is 11.8 Å². The number of methoxy groups -OCH3 is 1. The number of aryl methyl sites for hydroxylation is 1. The van der Waals surface area contributed by atoms with Crippen LogP contribution in [0.25, 0.3) is 0 Å². The zero-order chi connectivity index (χ0) is 13.0. The maximum Gasteiger partial charge on any atom is 0.158 e. The zero-order valence-electron chi connectivity index (χ0n) is 10.1. The van der Waals surface area contributed by atoms with Gasteiger partial charge in [0.2, 0.25) is 0 Å². The Balaban J connectivity index is 2.25. The van der Waals surface area contributed by atoms with Gasteiger partial charge in [-0.15, -0.1) is 0 Å². The Hall–Kier alpha value is -2.61. The summed E-state index contributed by atoms with van der Waals surface area (Å²) >= 11 is 0. The predicted octanol–water partition coefficient (Wildman–Crippen LogP) is 2.41. The summed E-state index contributed by atoms with van der Waals surface area (Å²) in [5, 5.41) is 11.8. The van der Waals surface area contributed by atoms with Gasteiger partial charge in [0, 0.05) is 11.8 Å². The van der Waals surface area contributed by atoms with Gasteiger partial charge in [0.05, 0.1) is 19.5 Å². The van der Waals surface area contributed by atoms with Crippen LogP contribution in [0.5, 0.6) is 5.75 Å². The lowest BCUT2D eigenvalue weighted by molar-refractivity contribution is 0.415. The first kappa shape index (κ1) is 11.9. The Bertz CT molecular complexity index is 587. The molecule has 18 heavy (non-hydrogen) atoms. The molecule has 0 aliphatic rings. The number of nitrogens with zero attached hydrogens (tertiary/aromatic N) is 3. The van der Waals surface area contributed by atoms with Crippen LogP contribution in [-0.4, -0.2) is 17.1 Å². The Morgan fingerprint density at radius 1 is 1.28 bits per heavy atom. The van der Waals surface area contributed by atoms with Crippen LogP contribution < -0.4 is 10.1 Å². The Morgan fingerprint density at radius 2 is 2.11 bits per heavy atom. The average Bonchev–Trinajstić information content (AvgIpc) is 2.42. The van der Waals surface area contributed by atoms with Gasteiger partial charge < -0.3 is 10.1 Å². The summed E-state index contributed by atoms with van der Waals surface area (Å²) in [7, 11) is 1.62. The summed E-state index contributed by atoms with van der Waals surface area (Å²) < 4.78 is 5.16. The second-order valence-electron chi connectivity index (χ2n) is 3.70. The summed E-state index contributed by atoms with van der Waals surface area (Å²) in [5.74, 6) is 1.36. The zero-order valence-corrected chi connectivity index (χ0v) is 10.1. The molecule has 0 unspecified atom stereocenters. The van der Waals surface area contributed by atoms with E-state index in [1.54, 1.807) is 7.11 Å². The highest BCUT2D eigenvalue weighted by Gasteiger charge is 2.03. The molecular formula is C13H12N4O. The number of ether oxygens (including phenoxy) is 1. The minimum absolute atomic E-state index is 0.294. The van der Waals surface area contributed by atoms with Crippen LogP contribution in [-0.2, 0) is 0 Å². The number of hydrogen-bond acceptors (Lipinski definition) is 5. The summed E-state index contributed by atoms with van der Waals surface area (Å²) in [6, 6.07) is 7.66. The molecule has 2 rings (SSSR count). The van der Waals surface area contributed by atoms with E-state index in [-0.39, 0.29) is 0 Å². The lowest BCUT2D eigenvalue weighted by Crippen LogP contribution is -1.98. The SMILES string of the molecule is COc1ccc(C)c(Nc2cnc(C#N)cn2)c1. The fraction of sp³-hybridized carbons (Fsp3) is 0.154.